The summed E-state index contributed by atoms with van der Waals surface area (Å²) in [5.74, 6) is 0.917. The van der Waals surface area contributed by atoms with Crippen molar-refractivity contribution >= 4 is 5.91 Å². The number of nitrogens with zero attached hydrogens (tertiary/aromatic N) is 1. The Hall–Kier alpha value is -1.55. The van der Waals surface area contributed by atoms with Crippen LogP contribution in [0, 0.1) is 5.41 Å². The van der Waals surface area contributed by atoms with Gasteiger partial charge >= 0.3 is 0 Å². The Morgan fingerprint density at radius 3 is 2.67 bits per heavy atom. The van der Waals surface area contributed by atoms with Crippen LogP contribution in [0.4, 0.5) is 0 Å². The number of carbonyl (C=O) groups is 1. The van der Waals surface area contributed by atoms with Crippen LogP contribution in [0.25, 0.3) is 0 Å². The average molecular weight is 290 g/mol. The van der Waals surface area contributed by atoms with Gasteiger partial charge in [0.2, 0.25) is 0 Å². The molecule has 21 heavy (non-hydrogen) atoms. The van der Waals surface area contributed by atoms with Crippen LogP contribution in [0.3, 0.4) is 0 Å². The van der Waals surface area contributed by atoms with Crippen molar-refractivity contribution < 1.29 is 9.53 Å². The zero-order chi connectivity index (χ0) is 15.3. The summed E-state index contributed by atoms with van der Waals surface area (Å²) in [5, 5.41) is 0. The normalized spacial score (nSPS) is 21.6. The van der Waals surface area contributed by atoms with Crippen LogP contribution < -0.4 is 10.5 Å². The molecular weight excluding hydrogens is 264 g/mol. The number of amides is 1. The molecule has 1 atom stereocenters. The Balaban J connectivity index is 1.94. The number of hydrogen-bond donors (Lipinski definition) is 1. The molecule has 1 heterocycles. The lowest BCUT2D eigenvalue weighted by Gasteiger charge is -2.22. The Bertz CT molecular complexity index is 472. The first-order chi connectivity index (χ1) is 10.1. The highest BCUT2D eigenvalue weighted by Gasteiger charge is 2.35. The summed E-state index contributed by atoms with van der Waals surface area (Å²) in [5.41, 5.74) is 6.58. The van der Waals surface area contributed by atoms with E-state index in [1.807, 2.05) is 29.2 Å². The van der Waals surface area contributed by atoms with Gasteiger partial charge in [-0.15, -0.1) is 0 Å². The molecule has 1 fully saturated rings. The first-order valence-corrected chi connectivity index (χ1v) is 7.80. The van der Waals surface area contributed by atoms with Gasteiger partial charge in [0.15, 0.2) is 0 Å². The minimum atomic E-state index is 0.0683. The van der Waals surface area contributed by atoms with Gasteiger partial charge in [-0.3, -0.25) is 4.79 Å². The molecular formula is C17H26N2O2. The molecule has 1 saturated heterocycles. The van der Waals surface area contributed by atoms with Crippen LogP contribution in [-0.4, -0.2) is 37.0 Å². The van der Waals surface area contributed by atoms with E-state index in [2.05, 4.69) is 13.8 Å². The molecule has 1 aromatic rings. The van der Waals surface area contributed by atoms with Gasteiger partial charge in [0.25, 0.3) is 5.91 Å². The van der Waals surface area contributed by atoms with E-state index >= 15 is 0 Å². The topological polar surface area (TPSA) is 55.6 Å². The maximum Gasteiger partial charge on any atom is 0.253 e. The number of ether oxygens (including phenoxy) is 1. The van der Waals surface area contributed by atoms with Crippen LogP contribution in [0.2, 0.25) is 0 Å². The minimum absolute atomic E-state index is 0.0683. The van der Waals surface area contributed by atoms with Gasteiger partial charge < -0.3 is 15.4 Å². The maximum atomic E-state index is 12.5. The van der Waals surface area contributed by atoms with E-state index in [0.29, 0.717) is 6.54 Å². The van der Waals surface area contributed by atoms with Gasteiger partial charge in [0, 0.05) is 18.7 Å². The summed E-state index contributed by atoms with van der Waals surface area (Å²) in [6, 6.07) is 7.45. The number of hydrogen-bond acceptors (Lipinski definition) is 3. The van der Waals surface area contributed by atoms with Gasteiger partial charge in [-0.2, -0.15) is 0 Å². The molecule has 1 aliphatic rings. The van der Waals surface area contributed by atoms with E-state index in [-0.39, 0.29) is 11.3 Å². The number of carbonyl (C=O) groups excluding carboxylic acids is 1. The van der Waals surface area contributed by atoms with Crippen LogP contribution >= 0.6 is 0 Å². The lowest BCUT2D eigenvalue weighted by atomic mass is 9.90. The van der Waals surface area contributed by atoms with E-state index in [4.69, 9.17) is 10.5 Å². The molecule has 116 valence electrons. The second-order valence-corrected chi connectivity index (χ2v) is 6.22. The van der Waals surface area contributed by atoms with E-state index in [0.717, 1.165) is 50.3 Å². The smallest absolute Gasteiger partial charge is 0.253 e. The largest absolute Gasteiger partial charge is 0.494 e. The highest BCUT2D eigenvalue weighted by atomic mass is 16.5. The molecule has 2 N–H and O–H groups in total. The zero-order valence-corrected chi connectivity index (χ0v) is 13.1. The van der Waals surface area contributed by atoms with Crippen molar-refractivity contribution in [1.29, 1.82) is 0 Å². The molecule has 2 rings (SSSR count). The Morgan fingerprint density at radius 1 is 1.38 bits per heavy atom. The number of rotatable bonds is 6. The van der Waals surface area contributed by atoms with E-state index < -0.39 is 0 Å². The predicted molar refractivity (Wildman–Crippen MR) is 84.5 cm³/mol. The molecule has 1 aromatic carbocycles. The number of nitrogens with two attached hydrogens (primary N) is 1. The van der Waals surface area contributed by atoms with Gasteiger partial charge in [-0.1, -0.05) is 20.3 Å². The molecule has 0 saturated carbocycles. The lowest BCUT2D eigenvalue weighted by Crippen LogP contribution is -2.34. The third-order valence-corrected chi connectivity index (χ3v) is 4.21. The molecule has 0 bridgehead atoms. The molecule has 4 heteroatoms. The quantitative estimate of drug-likeness (QED) is 0.820. The zero-order valence-electron chi connectivity index (χ0n) is 13.1. The van der Waals surface area contributed by atoms with Crippen molar-refractivity contribution in [3.63, 3.8) is 0 Å². The summed E-state index contributed by atoms with van der Waals surface area (Å²) in [7, 11) is 0. The first kappa shape index (κ1) is 15.8. The highest BCUT2D eigenvalue weighted by Crippen LogP contribution is 2.29. The Labute approximate surface area is 127 Å². The fraction of sp³-hybridized carbons (Fsp3) is 0.588. The van der Waals surface area contributed by atoms with Gasteiger partial charge in [0.05, 0.1) is 6.61 Å². The van der Waals surface area contributed by atoms with Gasteiger partial charge in [-0.05, 0) is 49.1 Å². The number of benzene rings is 1. The van der Waals surface area contributed by atoms with Crippen molar-refractivity contribution in [3.05, 3.63) is 29.8 Å². The average Bonchev–Trinajstić information content (AvgIpc) is 2.91. The van der Waals surface area contributed by atoms with Crippen LogP contribution in [-0.2, 0) is 0 Å². The van der Waals surface area contributed by atoms with Crippen LogP contribution in [0.1, 0.15) is 43.5 Å². The van der Waals surface area contributed by atoms with Crippen LogP contribution in [0.5, 0.6) is 5.75 Å². The van der Waals surface area contributed by atoms with Gasteiger partial charge in [-0.25, -0.2) is 0 Å². The monoisotopic (exact) mass is 290 g/mol. The van der Waals surface area contributed by atoms with Crippen molar-refractivity contribution in [2.75, 3.05) is 26.2 Å². The van der Waals surface area contributed by atoms with E-state index in [1.165, 1.54) is 0 Å². The molecule has 0 radical (unpaired) electrons. The van der Waals surface area contributed by atoms with E-state index in [1.54, 1.807) is 0 Å². The molecule has 0 aliphatic carbocycles. The third-order valence-electron chi connectivity index (χ3n) is 4.21. The highest BCUT2D eigenvalue weighted by molar-refractivity contribution is 5.94. The first-order valence-electron chi connectivity index (χ1n) is 7.80. The van der Waals surface area contributed by atoms with Crippen molar-refractivity contribution in [3.8, 4) is 5.75 Å². The molecule has 1 amide bonds. The standard InChI is InChI=1S/C17H26N2O2/c1-3-4-11-21-15-7-5-14(6-8-15)16(20)19-10-9-17(2,12-18)13-19/h5-8H,3-4,9-13,18H2,1-2H3. The second kappa shape index (κ2) is 6.94. The fourth-order valence-electron chi connectivity index (χ4n) is 2.57. The van der Waals surface area contributed by atoms with Crippen molar-refractivity contribution in [1.82, 2.24) is 4.90 Å². The lowest BCUT2D eigenvalue weighted by molar-refractivity contribution is 0.0777. The number of unbranched alkanes of at least 4 members (excludes halogenated alkanes) is 1. The molecule has 0 aromatic heterocycles. The molecule has 1 unspecified atom stereocenters. The van der Waals surface area contributed by atoms with Crippen molar-refractivity contribution in [2.24, 2.45) is 11.1 Å². The minimum Gasteiger partial charge on any atom is -0.494 e. The summed E-state index contributed by atoms with van der Waals surface area (Å²) in [6.07, 6.45) is 3.14. The Kier molecular flexibility index (Phi) is 5.23. The Morgan fingerprint density at radius 2 is 2.10 bits per heavy atom. The molecule has 0 spiro atoms. The second-order valence-electron chi connectivity index (χ2n) is 6.22. The number of likely N-dealkylation sites (tertiary alicyclic amines) is 1. The van der Waals surface area contributed by atoms with Crippen LogP contribution in [0.15, 0.2) is 24.3 Å². The summed E-state index contributed by atoms with van der Waals surface area (Å²) in [4.78, 5) is 14.4. The van der Waals surface area contributed by atoms with Crippen molar-refractivity contribution in [2.45, 2.75) is 33.1 Å². The van der Waals surface area contributed by atoms with Gasteiger partial charge in [0.1, 0.15) is 5.75 Å². The van der Waals surface area contributed by atoms with E-state index in [9.17, 15) is 4.79 Å². The third kappa shape index (κ3) is 3.97. The fourth-order valence-corrected chi connectivity index (χ4v) is 2.57. The SMILES string of the molecule is CCCCOc1ccc(C(=O)N2CCC(C)(CN)C2)cc1. The summed E-state index contributed by atoms with van der Waals surface area (Å²) < 4.78 is 5.62. The molecule has 4 nitrogen and oxygen atoms in total. The summed E-state index contributed by atoms with van der Waals surface area (Å²) in [6.45, 7) is 7.17. The molecule has 1 aliphatic heterocycles. The predicted octanol–water partition coefficient (Wildman–Crippen LogP) is 2.68. The summed E-state index contributed by atoms with van der Waals surface area (Å²) >= 11 is 0. The maximum absolute atomic E-state index is 12.5.